The van der Waals surface area contributed by atoms with Gasteiger partial charge in [0.15, 0.2) is 10.9 Å². The topological polar surface area (TPSA) is 130 Å². The second-order valence-corrected chi connectivity index (χ2v) is 12.9. The lowest BCUT2D eigenvalue weighted by atomic mass is 9.83. The van der Waals surface area contributed by atoms with Crippen LogP contribution in [0.15, 0.2) is 29.6 Å². The molecule has 3 saturated heterocycles. The number of ether oxygens (including phenoxy) is 2. The predicted octanol–water partition coefficient (Wildman–Crippen LogP) is 1.76. The minimum absolute atomic E-state index is 0.0208. The molecule has 4 aliphatic rings. The summed E-state index contributed by atoms with van der Waals surface area (Å²) in [7, 11) is 1.73. The summed E-state index contributed by atoms with van der Waals surface area (Å²) < 4.78 is 10.8. The first-order valence-electron chi connectivity index (χ1n) is 15.5. The number of ketones is 1. The molecule has 6 rings (SSSR count). The minimum atomic E-state index is -0.706. The number of aromatic nitrogens is 1. The van der Waals surface area contributed by atoms with Crippen LogP contribution in [-0.2, 0) is 19.1 Å². The van der Waals surface area contributed by atoms with Crippen LogP contribution in [0, 0.1) is 5.92 Å². The molecule has 3 aliphatic heterocycles. The van der Waals surface area contributed by atoms with Gasteiger partial charge in [-0.3, -0.25) is 19.3 Å². The maximum atomic E-state index is 13.9. The molecule has 4 atom stereocenters. The van der Waals surface area contributed by atoms with Crippen molar-refractivity contribution in [1.29, 1.82) is 0 Å². The second-order valence-electron chi connectivity index (χ2n) is 12.1. The molecular formula is C31H42N6O5S. The van der Waals surface area contributed by atoms with Gasteiger partial charge in [0, 0.05) is 62.9 Å². The van der Waals surface area contributed by atoms with E-state index in [1.807, 2.05) is 12.1 Å². The number of likely N-dealkylation sites (tertiary alicyclic amines) is 1. The summed E-state index contributed by atoms with van der Waals surface area (Å²) >= 11 is 1.64. The fourth-order valence-corrected chi connectivity index (χ4v) is 7.78. The second kappa shape index (κ2) is 13.4. The highest BCUT2D eigenvalue weighted by Gasteiger charge is 2.52. The number of fused-ring (bicyclic) bond motifs is 1. The number of methoxy groups -OCH3 is 1. The zero-order valence-corrected chi connectivity index (χ0v) is 25.6. The number of hydrogen-bond donors (Lipinski definition) is 2. The molecule has 1 saturated carbocycles. The van der Waals surface area contributed by atoms with Crippen LogP contribution in [0.2, 0.25) is 0 Å². The van der Waals surface area contributed by atoms with E-state index in [9.17, 15) is 14.4 Å². The van der Waals surface area contributed by atoms with Gasteiger partial charge in [0.1, 0.15) is 24.8 Å². The van der Waals surface area contributed by atoms with Crippen LogP contribution in [0.4, 0.5) is 5.13 Å². The Labute approximate surface area is 256 Å². The van der Waals surface area contributed by atoms with Gasteiger partial charge in [0.25, 0.3) is 5.91 Å². The number of carbonyl (C=O) groups is 3. The number of thiazole rings is 1. The first kappa shape index (κ1) is 30.1. The Balaban J connectivity index is 1.11. The molecule has 43 heavy (non-hydrogen) atoms. The highest BCUT2D eigenvalue weighted by molar-refractivity contribution is 7.14. The molecule has 12 heteroatoms. The quantitative estimate of drug-likeness (QED) is 0.436. The average molecular weight is 611 g/mol. The Morgan fingerprint density at radius 1 is 1.14 bits per heavy atom. The van der Waals surface area contributed by atoms with Gasteiger partial charge >= 0.3 is 0 Å². The molecule has 0 unspecified atom stereocenters. The number of nitrogens with two attached hydrogens (primary N) is 1. The maximum absolute atomic E-state index is 13.9. The Kier molecular flexibility index (Phi) is 9.39. The van der Waals surface area contributed by atoms with Crippen molar-refractivity contribution in [2.24, 2.45) is 11.7 Å². The van der Waals surface area contributed by atoms with Crippen LogP contribution in [0.1, 0.15) is 42.5 Å². The fraction of sp³-hybridized carbons (Fsp3) is 0.613. The first-order valence-corrected chi connectivity index (χ1v) is 16.3. The number of carbonyl (C=O) groups excluding carboxylic acids is 3. The molecule has 3 N–H and O–H groups in total. The molecule has 0 spiro atoms. The van der Waals surface area contributed by atoms with Gasteiger partial charge < -0.3 is 30.3 Å². The molecular weight excluding hydrogens is 568 g/mol. The lowest BCUT2D eigenvalue weighted by Gasteiger charge is -2.34. The zero-order chi connectivity index (χ0) is 29.9. The third kappa shape index (κ3) is 6.48. The van der Waals surface area contributed by atoms with E-state index < -0.39 is 24.2 Å². The standard InChI is InChI=1S/C31H42N6O5S/c1-41-16-15-35-11-13-36(14-12-35)31-33-24(19-43-31)20-7-9-22(10-8-20)29(39)34-26(21-5-3-2-4-6-21)30(40)37-17-23(32)28-27(37)25(38)18-42-28/h7-10,19,21,23,26-28H,2-6,11-18,32H2,1H3,(H,34,39)/t23-,26+,27-,28-/m1/s1. The normalized spacial score (nSPS) is 25.6. The van der Waals surface area contributed by atoms with Crippen LogP contribution >= 0.6 is 11.3 Å². The Hall–Kier alpha value is -2.90. The lowest BCUT2D eigenvalue weighted by Crippen LogP contribution is -2.55. The molecule has 1 aromatic carbocycles. The third-order valence-corrected chi connectivity index (χ3v) is 10.3. The smallest absolute Gasteiger partial charge is 0.251 e. The molecule has 11 nitrogen and oxygen atoms in total. The monoisotopic (exact) mass is 610 g/mol. The number of rotatable bonds is 9. The molecule has 1 aliphatic carbocycles. The molecule has 0 bridgehead atoms. The number of nitrogens with one attached hydrogen (secondary N) is 1. The fourth-order valence-electron chi connectivity index (χ4n) is 6.89. The summed E-state index contributed by atoms with van der Waals surface area (Å²) in [6, 6.07) is 5.62. The number of amides is 2. The zero-order valence-electron chi connectivity index (χ0n) is 24.8. The van der Waals surface area contributed by atoms with Crippen LogP contribution in [-0.4, -0.2) is 116 Å². The van der Waals surface area contributed by atoms with E-state index in [4.69, 9.17) is 20.2 Å². The number of benzene rings is 1. The van der Waals surface area contributed by atoms with E-state index in [-0.39, 0.29) is 36.7 Å². The minimum Gasteiger partial charge on any atom is -0.383 e. The molecule has 2 amide bonds. The highest BCUT2D eigenvalue weighted by atomic mass is 32.1. The van der Waals surface area contributed by atoms with E-state index >= 15 is 0 Å². The van der Waals surface area contributed by atoms with Crippen molar-refractivity contribution < 1.29 is 23.9 Å². The Bertz CT molecular complexity index is 1290. The van der Waals surface area contributed by atoms with E-state index in [2.05, 4.69) is 20.5 Å². The summed E-state index contributed by atoms with van der Waals surface area (Å²) in [6.45, 7) is 5.77. The maximum Gasteiger partial charge on any atom is 0.251 e. The molecule has 232 valence electrons. The van der Waals surface area contributed by atoms with Crippen molar-refractivity contribution >= 4 is 34.1 Å². The third-order valence-electron chi connectivity index (χ3n) is 9.37. The SMILES string of the molecule is COCCN1CCN(c2nc(-c3ccc(C(=O)N[C@H](C(=O)N4C[C@@H](N)[C@H]5OCC(=O)[C@H]54)C4CCCCC4)cc3)cs2)CC1. The van der Waals surface area contributed by atoms with Crippen molar-refractivity contribution in [3.05, 3.63) is 35.2 Å². The van der Waals surface area contributed by atoms with Crippen molar-refractivity contribution in [3.8, 4) is 11.3 Å². The van der Waals surface area contributed by atoms with Crippen molar-refractivity contribution in [2.75, 3.05) is 64.5 Å². The molecule has 0 radical (unpaired) electrons. The summed E-state index contributed by atoms with van der Waals surface area (Å²) in [6.07, 6.45) is 4.42. The van der Waals surface area contributed by atoms with Crippen LogP contribution in [0.3, 0.4) is 0 Å². The average Bonchev–Trinajstić information content (AvgIpc) is 3.77. The molecule has 1 aromatic heterocycles. The van der Waals surface area contributed by atoms with E-state index in [1.54, 1.807) is 35.5 Å². The van der Waals surface area contributed by atoms with Gasteiger partial charge in [0.05, 0.1) is 18.3 Å². The number of Topliss-reactive ketones (excluding diaryl/α,β-unsaturated/α-hetero) is 1. The van der Waals surface area contributed by atoms with Crippen LogP contribution < -0.4 is 16.0 Å². The van der Waals surface area contributed by atoms with Crippen molar-refractivity contribution in [2.45, 2.75) is 56.3 Å². The van der Waals surface area contributed by atoms with E-state index in [1.165, 1.54) is 0 Å². The van der Waals surface area contributed by atoms with Gasteiger partial charge in [-0.15, -0.1) is 11.3 Å². The number of anilines is 1. The summed E-state index contributed by atoms with van der Waals surface area (Å²) in [5, 5.41) is 6.12. The van der Waals surface area contributed by atoms with Crippen molar-refractivity contribution in [1.82, 2.24) is 20.1 Å². The van der Waals surface area contributed by atoms with Gasteiger partial charge in [-0.05, 0) is 30.9 Å². The van der Waals surface area contributed by atoms with Gasteiger partial charge in [0.2, 0.25) is 5.91 Å². The highest BCUT2D eigenvalue weighted by Crippen LogP contribution is 2.32. The summed E-state index contributed by atoms with van der Waals surface area (Å²) in [5.74, 6) is -0.624. The van der Waals surface area contributed by atoms with Crippen LogP contribution in [0.5, 0.6) is 0 Å². The van der Waals surface area contributed by atoms with Crippen LogP contribution in [0.25, 0.3) is 11.3 Å². The number of piperazine rings is 1. The molecule has 4 heterocycles. The number of nitrogens with zero attached hydrogens (tertiary/aromatic N) is 4. The predicted molar refractivity (Wildman–Crippen MR) is 164 cm³/mol. The molecule has 2 aromatic rings. The first-order chi connectivity index (χ1) is 20.9. The lowest BCUT2D eigenvalue weighted by molar-refractivity contribution is -0.139. The van der Waals surface area contributed by atoms with E-state index in [0.717, 1.165) is 87.8 Å². The van der Waals surface area contributed by atoms with Gasteiger partial charge in [-0.1, -0.05) is 31.4 Å². The van der Waals surface area contributed by atoms with Gasteiger partial charge in [-0.2, -0.15) is 0 Å². The summed E-state index contributed by atoms with van der Waals surface area (Å²) in [5.41, 5.74) is 8.54. The Morgan fingerprint density at radius 3 is 2.60 bits per heavy atom. The number of hydrogen-bond acceptors (Lipinski definition) is 10. The molecule has 4 fully saturated rings. The van der Waals surface area contributed by atoms with E-state index in [0.29, 0.717) is 5.56 Å². The van der Waals surface area contributed by atoms with Crippen molar-refractivity contribution in [3.63, 3.8) is 0 Å². The largest absolute Gasteiger partial charge is 0.383 e. The Morgan fingerprint density at radius 2 is 1.88 bits per heavy atom. The van der Waals surface area contributed by atoms with Gasteiger partial charge in [-0.25, -0.2) is 4.98 Å². The summed E-state index contributed by atoms with van der Waals surface area (Å²) in [4.78, 5) is 51.2.